The van der Waals surface area contributed by atoms with Crippen LogP contribution in [0.4, 0.5) is 4.79 Å². The van der Waals surface area contributed by atoms with Crippen LogP contribution in [0.15, 0.2) is 12.1 Å². The van der Waals surface area contributed by atoms with Gasteiger partial charge in [-0.1, -0.05) is 11.6 Å². The average Bonchev–Trinajstić information content (AvgIpc) is 2.96. The van der Waals surface area contributed by atoms with Crippen molar-refractivity contribution in [2.24, 2.45) is 5.92 Å². The van der Waals surface area contributed by atoms with Gasteiger partial charge in [0.1, 0.15) is 0 Å². The molecule has 1 aliphatic rings. The fourth-order valence-electron chi connectivity index (χ4n) is 2.19. The van der Waals surface area contributed by atoms with Gasteiger partial charge in [0.05, 0.1) is 16.8 Å². The lowest BCUT2D eigenvalue weighted by Crippen LogP contribution is -2.40. The zero-order valence-electron chi connectivity index (χ0n) is 10.2. The first kappa shape index (κ1) is 14.1. The second-order valence-corrected chi connectivity index (χ2v) is 6.38. The molecule has 0 radical (unpaired) electrons. The third-order valence-corrected chi connectivity index (χ3v) is 4.40. The van der Waals surface area contributed by atoms with E-state index in [1.54, 1.807) is 6.07 Å². The monoisotopic (exact) mass is 302 g/mol. The number of thiophene rings is 1. The first-order valence-electron chi connectivity index (χ1n) is 6.06. The molecule has 2 unspecified atom stereocenters. The molecule has 1 heterocycles. The van der Waals surface area contributed by atoms with Crippen LogP contribution in [0.5, 0.6) is 0 Å². The van der Waals surface area contributed by atoms with Gasteiger partial charge in [-0.3, -0.25) is 4.79 Å². The van der Waals surface area contributed by atoms with Gasteiger partial charge in [0.2, 0.25) is 0 Å². The Morgan fingerprint density at radius 3 is 2.79 bits per heavy atom. The molecular weight excluding hydrogens is 288 g/mol. The van der Waals surface area contributed by atoms with Crippen molar-refractivity contribution in [3.63, 3.8) is 0 Å². The van der Waals surface area contributed by atoms with Crippen LogP contribution in [0.25, 0.3) is 0 Å². The van der Waals surface area contributed by atoms with Crippen LogP contribution in [-0.4, -0.2) is 23.1 Å². The van der Waals surface area contributed by atoms with E-state index in [9.17, 15) is 9.59 Å². The molecule has 1 fully saturated rings. The lowest BCUT2D eigenvalue weighted by Gasteiger charge is -2.13. The molecule has 0 spiro atoms. The predicted molar refractivity (Wildman–Crippen MR) is 73.5 cm³/mol. The Kier molecular flexibility index (Phi) is 4.66. The van der Waals surface area contributed by atoms with Gasteiger partial charge in [0.25, 0.3) is 0 Å². The van der Waals surface area contributed by atoms with Gasteiger partial charge in [-0.25, -0.2) is 4.79 Å². The summed E-state index contributed by atoms with van der Waals surface area (Å²) in [5.74, 6) is -1.11. The van der Waals surface area contributed by atoms with Crippen molar-refractivity contribution in [2.45, 2.75) is 31.8 Å². The molecule has 2 atom stereocenters. The number of carbonyl (C=O) groups is 2. The molecule has 1 aromatic heterocycles. The molecule has 104 valence electrons. The minimum absolute atomic E-state index is 0.0481. The lowest BCUT2D eigenvalue weighted by molar-refractivity contribution is -0.141. The highest BCUT2D eigenvalue weighted by Gasteiger charge is 2.30. The Morgan fingerprint density at radius 1 is 1.42 bits per heavy atom. The maximum atomic E-state index is 11.7. The largest absolute Gasteiger partial charge is 0.481 e. The van der Waals surface area contributed by atoms with E-state index in [1.807, 2.05) is 6.07 Å². The van der Waals surface area contributed by atoms with E-state index >= 15 is 0 Å². The molecular formula is C12H15ClN2O3S. The van der Waals surface area contributed by atoms with Crippen LogP contribution in [-0.2, 0) is 11.3 Å². The van der Waals surface area contributed by atoms with E-state index in [2.05, 4.69) is 10.6 Å². The first-order chi connectivity index (χ1) is 9.04. The minimum atomic E-state index is -0.780. The van der Waals surface area contributed by atoms with Crippen molar-refractivity contribution in [2.75, 3.05) is 0 Å². The Labute approximate surface area is 120 Å². The molecule has 5 nitrogen and oxygen atoms in total. The van der Waals surface area contributed by atoms with Crippen molar-refractivity contribution >= 4 is 34.9 Å². The molecule has 0 aliphatic heterocycles. The fraction of sp³-hybridized carbons (Fsp3) is 0.500. The Bertz CT molecular complexity index is 477. The van der Waals surface area contributed by atoms with Crippen LogP contribution in [0.2, 0.25) is 4.34 Å². The number of halogens is 1. The van der Waals surface area contributed by atoms with Gasteiger partial charge >= 0.3 is 12.0 Å². The quantitative estimate of drug-likeness (QED) is 0.799. The third-order valence-electron chi connectivity index (χ3n) is 3.17. The number of carboxylic acids is 1. The number of nitrogens with one attached hydrogen (secondary N) is 2. The summed E-state index contributed by atoms with van der Waals surface area (Å²) in [6.45, 7) is 0.429. The molecule has 3 N–H and O–H groups in total. The average molecular weight is 303 g/mol. The van der Waals surface area contributed by atoms with E-state index in [-0.39, 0.29) is 18.0 Å². The smallest absolute Gasteiger partial charge is 0.315 e. The molecule has 1 aromatic rings. The normalized spacial score (nSPS) is 22.2. The van der Waals surface area contributed by atoms with Crippen molar-refractivity contribution in [1.29, 1.82) is 0 Å². The highest BCUT2D eigenvalue weighted by Crippen LogP contribution is 2.25. The van der Waals surface area contributed by atoms with Gasteiger partial charge in [0.15, 0.2) is 0 Å². The van der Waals surface area contributed by atoms with Crippen molar-refractivity contribution in [3.8, 4) is 0 Å². The van der Waals surface area contributed by atoms with E-state index in [0.717, 1.165) is 11.3 Å². The minimum Gasteiger partial charge on any atom is -0.481 e. The summed E-state index contributed by atoms with van der Waals surface area (Å²) in [5, 5.41) is 14.4. The van der Waals surface area contributed by atoms with Crippen LogP contribution < -0.4 is 10.6 Å². The summed E-state index contributed by atoms with van der Waals surface area (Å²) < 4.78 is 0.692. The number of amides is 2. The van der Waals surface area contributed by atoms with Gasteiger partial charge in [-0.2, -0.15) is 0 Å². The zero-order valence-corrected chi connectivity index (χ0v) is 11.8. The molecule has 0 bridgehead atoms. The molecule has 1 aliphatic carbocycles. The van der Waals surface area contributed by atoms with E-state index in [0.29, 0.717) is 23.7 Å². The highest BCUT2D eigenvalue weighted by atomic mass is 35.5. The predicted octanol–water partition coefficient (Wildman–Crippen LogP) is 2.45. The molecule has 19 heavy (non-hydrogen) atoms. The van der Waals surface area contributed by atoms with Gasteiger partial charge in [0, 0.05) is 10.9 Å². The highest BCUT2D eigenvalue weighted by molar-refractivity contribution is 7.16. The first-order valence-corrected chi connectivity index (χ1v) is 7.25. The van der Waals surface area contributed by atoms with Crippen molar-refractivity contribution in [1.82, 2.24) is 10.6 Å². The van der Waals surface area contributed by atoms with E-state index < -0.39 is 5.97 Å². The summed E-state index contributed by atoms with van der Waals surface area (Å²) in [6.07, 6.45) is 1.85. The van der Waals surface area contributed by atoms with Crippen LogP contribution >= 0.6 is 22.9 Å². The van der Waals surface area contributed by atoms with Crippen LogP contribution in [0.1, 0.15) is 24.1 Å². The number of rotatable bonds is 4. The van der Waals surface area contributed by atoms with Gasteiger partial charge < -0.3 is 15.7 Å². The van der Waals surface area contributed by atoms with Gasteiger partial charge in [-0.05, 0) is 31.4 Å². The van der Waals surface area contributed by atoms with Crippen LogP contribution in [0.3, 0.4) is 0 Å². The van der Waals surface area contributed by atoms with E-state index in [4.69, 9.17) is 16.7 Å². The second kappa shape index (κ2) is 6.25. The maximum Gasteiger partial charge on any atom is 0.315 e. The number of carbonyl (C=O) groups excluding carboxylic acids is 1. The summed E-state index contributed by atoms with van der Waals surface area (Å²) in [4.78, 5) is 23.4. The molecule has 7 heteroatoms. The summed E-state index contributed by atoms with van der Waals surface area (Å²) in [6, 6.07) is 3.34. The lowest BCUT2D eigenvalue weighted by atomic mass is 10.1. The van der Waals surface area contributed by atoms with Gasteiger partial charge in [-0.15, -0.1) is 11.3 Å². The molecule has 0 aromatic carbocycles. The SMILES string of the molecule is O=C(NCc1ccc(Cl)s1)NC1CCC(C(=O)O)C1. The molecule has 2 rings (SSSR count). The summed E-state index contributed by atoms with van der Waals surface area (Å²) >= 11 is 7.22. The van der Waals surface area contributed by atoms with Crippen molar-refractivity contribution < 1.29 is 14.7 Å². The number of aliphatic carboxylic acids is 1. The Morgan fingerprint density at radius 2 is 2.21 bits per heavy atom. The maximum absolute atomic E-state index is 11.7. The molecule has 1 saturated carbocycles. The molecule has 0 saturated heterocycles. The Balaban J connectivity index is 1.72. The molecule has 2 amide bonds. The third kappa shape index (κ3) is 4.11. The Hall–Kier alpha value is -1.27. The zero-order chi connectivity index (χ0) is 13.8. The topological polar surface area (TPSA) is 78.4 Å². The van der Waals surface area contributed by atoms with Crippen molar-refractivity contribution in [3.05, 3.63) is 21.3 Å². The standard InChI is InChI=1S/C12H15ClN2O3S/c13-10-4-3-9(19-10)6-14-12(18)15-8-2-1-7(5-8)11(16)17/h3-4,7-8H,1-2,5-6H2,(H,16,17)(H2,14,15,18). The number of urea groups is 1. The number of hydrogen-bond acceptors (Lipinski definition) is 3. The number of hydrogen-bond donors (Lipinski definition) is 3. The summed E-state index contributed by atoms with van der Waals surface area (Å²) in [7, 11) is 0. The fourth-order valence-corrected chi connectivity index (χ4v) is 3.21. The second-order valence-electron chi connectivity index (χ2n) is 4.58. The number of carboxylic acid groups (broad SMARTS) is 1. The van der Waals surface area contributed by atoms with Crippen LogP contribution in [0, 0.1) is 5.92 Å². The summed E-state index contributed by atoms with van der Waals surface area (Å²) in [5.41, 5.74) is 0. The van der Waals surface area contributed by atoms with E-state index in [1.165, 1.54) is 11.3 Å².